The van der Waals surface area contributed by atoms with Gasteiger partial charge in [0, 0.05) is 6.42 Å². The van der Waals surface area contributed by atoms with Crippen molar-refractivity contribution in [2.45, 2.75) is 13.3 Å². The van der Waals surface area contributed by atoms with Gasteiger partial charge in [-0.25, -0.2) is 0 Å². The maximum Gasteiger partial charge on any atom is 0.225 e. The number of halogens is 1. The van der Waals surface area contributed by atoms with Crippen molar-refractivity contribution >= 4 is 16.8 Å². The van der Waals surface area contributed by atoms with Crippen molar-refractivity contribution in [3.63, 3.8) is 0 Å². The predicted molar refractivity (Wildman–Crippen MR) is 30.3 cm³/mol. The Balaban J connectivity index is 3.32. The smallest absolute Gasteiger partial charge is 0.225 e. The number of rotatable bonds is 2. The molecular weight excluding hydrogens is 112 g/mol. The minimum absolute atomic E-state index is 0.293. The minimum atomic E-state index is -0.340. The summed E-state index contributed by atoms with van der Waals surface area (Å²) in [6, 6.07) is 0. The lowest BCUT2D eigenvalue weighted by atomic mass is 10.3. The summed E-state index contributed by atoms with van der Waals surface area (Å²) in [6.45, 7) is 5.25. The molecule has 0 heterocycles. The summed E-state index contributed by atoms with van der Waals surface area (Å²) in [6.07, 6.45) is 0.293. The van der Waals surface area contributed by atoms with Gasteiger partial charge in [-0.2, -0.15) is 0 Å². The molecule has 2 heteroatoms. The topological polar surface area (TPSA) is 17.1 Å². The van der Waals surface area contributed by atoms with E-state index in [9.17, 15) is 4.79 Å². The van der Waals surface area contributed by atoms with Gasteiger partial charge in [0.25, 0.3) is 0 Å². The van der Waals surface area contributed by atoms with Crippen LogP contribution in [0.4, 0.5) is 0 Å². The van der Waals surface area contributed by atoms with E-state index in [4.69, 9.17) is 11.6 Å². The van der Waals surface area contributed by atoms with Crippen LogP contribution in [0.5, 0.6) is 0 Å². The first-order valence-electron chi connectivity index (χ1n) is 1.95. The Morgan fingerprint density at radius 1 is 1.86 bits per heavy atom. The number of carbonyl (C=O) groups is 1. The van der Waals surface area contributed by atoms with Crippen LogP contribution in [0.15, 0.2) is 12.2 Å². The number of hydrogen-bond acceptors (Lipinski definition) is 1. The third-order valence-corrected chi connectivity index (χ3v) is 0.574. The van der Waals surface area contributed by atoms with E-state index in [1.54, 1.807) is 6.92 Å². The van der Waals surface area contributed by atoms with Crippen molar-refractivity contribution in [2.24, 2.45) is 0 Å². The molecule has 40 valence electrons. The molecule has 1 nitrogen and oxygen atoms in total. The van der Waals surface area contributed by atoms with Gasteiger partial charge in [-0.1, -0.05) is 12.2 Å². The van der Waals surface area contributed by atoms with Gasteiger partial charge in [0.1, 0.15) is 0 Å². The lowest BCUT2D eigenvalue weighted by molar-refractivity contribution is -0.111. The molecule has 0 bridgehead atoms. The van der Waals surface area contributed by atoms with Gasteiger partial charge in [0.05, 0.1) is 0 Å². The molecule has 0 aliphatic heterocycles. The summed E-state index contributed by atoms with van der Waals surface area (Å²) in [5.41, 5.74) is 0.806. The highest BCUT2D eigenvalue weighted by molar-refractivity contribution is 6.63. The summed E-state index contributed by atoms with van der Waals surface area (Å²) in [5, 5.41) is -0.340. The van der Waals surface area contributed by atoms with E-state index in [1.165, 1.54) is 0 Å². The molecule has 0 fully saturated rings. The van der Waals surface area contributed by atoms with Gasteiger partial charge in [-0.15, -0.1) is 0 Å². The van der Waals surface area contributed by atoms with Gasteiger partial charge < -0.3 is 0 Å². The van der Waals surface area contributed by atoms with Crippen LogP contribution in [-0.2, 0) is 4.79 Å². The third-order valence-electron chi connectivity index (χ3n) is 0.441. The second kappa shape index (κ2) is 2.80. The largest absolute Gasteiger partial charge is 0.281 e. The number of hydrogen-bond donors (Lipinski definition) is 0. The van der Waals surface area contributed by atoms with Crippen LogP contribution < -0.4 is 0 Å². The van der Waals surface area contributed by atoms with Crippen molar-refractivity contribution in [2.75, 3.05) is 0 Å². The van der Waals surface area contributed by atoms with Crippen LogP contribution in [0.3, 0.4) is 0 Å². The first-order valence-corrected chi connectivity index (χ1v) is 2.33. The zero-order chi connectivity index (χ0) is 5.86. The Labute approximate surface area is 48.0 Å². The Bertz CT molecular complexity index is 84.3. The summed E-state index contributed by atoms with van der Waals surface area (Å²) >= 11 is 4.97. The fourth-order valence-corrected chi connectivity index (χ4v) is 0.465. The molecule has 0 aromatic rings. The Morgan fingerprint density at radius 2 is 2.29 bits per heavy atom. The average Bonchev–Trinajstić information content (AvgIpc) is 1.27. The van der Waals surface area contributed by atoms with Gasteiger partial charge in [-0.3, -0.25) is 4.79 Å². The first-order chi connectivity index (χ1) is 3.13. The standard InChI is InChI=1S/C5H7ClO/c1-4(2)3-5(6)7/h1,3H2,2H3. The Morgan fingerprint density at radius 3 is 2.29 bits per heavy atom. The van der Waals surface area contributed by atoms with Crippen LogP contribution in [-0.4, -0.2) is 5.24 Å². The lowest BCUT2D eigenvalue weighted by Crippen LogP contribution is -1.83. The molecule has 0 N–H and O–H groups in total. The molecule has 0 atom stereocenters. The fraction of sp³-hybridized carbons (Fsp3) is 0.400. The quantitative estimate of drug-likeness (QED) is 0.399. The molecule has 7 heavy (non-hydrogen) atoms. The highest BCUT2D eigenvalue weighted by Gasteiger charge is 1.92. The fourth-order valence-electron chi connectivity index (χ4n) is 0.237. The van der Waals surface area contributed by atoms with E-state index in [1.807, 2.05) is 0 Å². The molecule has 0 rings (SSSR count). The second-order valence-electron chi connectivity index (χ2n) is 1.49. The summed E-state index contributed by atoms with van der Waals surface area (Å²) in [5.74, 6) is 0. The Kier molecular flexibility index (Phi) is 2.68. The van der Waals surface area contributed by atoms with Crippen LogP contribution >= 0.6 is 11.6 Å². The van der Waals surface area contributed by atoms with Gasteiger partial charge in [0.15, 0.2) is 0 Å². The van der Waals surface area contributed by atoms with Gasteiger partial charge in [0.2, 0.25) is 5.24 Å². The van der Waals surface area contributed by atoms with Crippen LogP contribution in [0, 0.1) is 0 Å². The van der Waals surface area contributed by atoms with Crippen molar-refractivity contribution in [1.82, 2.24) is 0 Å². The molecule has 0 saturated carbocycles. The highest BCUT2D eigenvalue weighted by atomic mass is 35.5. The molecular formula is C5H7ClO. The van der Waals surface area contributed by atoms with Crippen molar-refractivity contribution in [1.29, 1.82) is 0 Å². The van der Waals surface area contributed by atoms with E-state index in [2.05, 4.69) is 6.58 Å². The monoisotopic (exact) mass is 118 g/mol. The molecule has 0 aromatic heterocycles. The molecule has 0 aromatic carbocycles. The molecule has 0 amide bonds. The van der Waals surface area contributed by atoms with E-state index < -0.39 is 0 Å². The molecule has 0 saturated heterocycles. The van der Waals surface area contributed by atoms with E-state index >= 15 is 0 Å². The number of allylic oxidation sites excluding steroid dienone is 1. The van der Waals surface area contributed by atoms with Crippen molar-refractivity contribution in [3.05, 3.63) is 12.2 Å². The minimum Gasteiger partial charge on any atom is -0.281 e. The summed E-state index contributed by atoms with van der Waals surface area (Å²) < 4.78 is 0. The normalized spacial score (nSPS) is 8.29. The first kappa shape index (κ1) is 6.70. The molecule has 0 spiro atoms. The van der Waals surface area contributed by atoms with E-state index in [0.29, 0.717) is 6.42 Å². The zero-order valence-electron chi connectivity index (χ0n) is 4.20. The van der Waals surface area contributed by atoms with Crippen LogP contribution in [0.2, 0.25) is 0 Å². The molecule has 0 aliphatic carbocycles. The van der Waals surface area contributed by atoms with Gasteiger partial charge >= 0.3 is 0 Å². The lowest BCUT2D eigenvalue weighted by Gasteiger charge is -1.85. The summed E-state index contributed by atoms with van der Waals surface area (Å²) in [7, 11) is 0. The predicted octanol–water partition coefficient (Wildman–Crippen LogP) is 1.72. The maximum absolute atomic E-state index is 9.96. The SMILES string of the molecule is C=C(C)CC(=O)Cl. The highest BCUT2D eigenvalue weighted by Crippen LogP contribution is 1.97. The van der Waals surface area contributed by atoms with E-state index in [0.717, 1.165) is 5.57 Å². The van der Waals surface area contributed by atoms with Crippen LogP contribution in [0.25, 0.3) is 0 Å². The Hall–Kier alpha value is -0.300. The second-order valence-corrected chi connectivity index (χ2v) is 1.91. The third kappa shape index (κ3) is 5.70. The van der Waals surface area contributed by atoms with Crippen molar-refractivity contribution < 1.29 is 4.79 Å². The molecule has 0 radical (unpaired) electrons. The van der Waals surface area contributed by atoms with E-state index in [-0.39, 0.29) is 5.24 Å². The van der Waals surface area contributed by atoms with Crippen molar-refractivity contribution in [3.8, 4) is 0 Å². The molecule has 0 aliphatic rings. The summed E-state index contributed by atoms with van der Waals surface area (Å²) in [4.78, 5) is 9.96. The van der Waals surface area contributed by atoms with Crippen LogP contribution in [0.1, 0.15) is 13.3 Å². The van der Waals surface area contributed by atoms with Gasteiger partial charge in [-0.05, 0) is 18.5 Å². The number of carbonyl (C=O) groups excluding carboxylic acids is 1. The maximum atomic E-state index is 9.96. The average molecular weight is 119 g/mol. The molecule has 0 unspecified atom stereocenters. The zero-order valence-corrected chi connectivity index (χ0v) is 4.96.